The van der Waals surface area contributed by atoms with Crippen molar-refractivity contribution >= 4 is 41.0 Å². The molecule has 0 aromatic heterocycles. The second kappa shape index (κ2) is 8.35. The number of rotatable bonds is 6. The van der Waals surface area contributed by atoms with Crippen LogP contribution in [0.25, 0.3) is 6.08 Å². The zero-order valence-electron chi connectivity index (χ0n) is 16.0. The van der Waals surface area contributed by atoms with Gasteiger partial charge in [0.15, 0.2) is 0 Å². The molecule has 3 amide bonds. The maximum atomic E-state index is 12.8. The summed E-state index contributed by atoms with van der Waals surface area (Å²) in [7, 11) is 1.58. The molecule has 0 spiro atoms. The van der Waals surface area contributed by atoms with Gasteiger partial charge in [0.05, 0.1) is 12.8 Å². The number of anilines is 2. The van der Waals surface area contributed by atoms with Gasteiger partial charge < -0.3 is 15.0 Å². The third kappa shape index (κ3) is 3.82. The number of carbonyl (C=O) groups is 2. The first kappa shape index (κ1) is 19.8. The summed E-state index contributed by atoms with van der Waals surface area (Å²) in [4.78, 5) is 28.4. The Balaban J connectivity index is 1.93. The van der Waals surface area contributed by atoms with Crippen molar-refractivity contribution in [2.75, 3.05) is 30.0 Å². The van der Waals surface area contributed by atoms with E-state index >= 15 is 0 Å². The van der Waals surface area contributed by atoms with Crippen LogP contribution in [-0.4, -0.2) is 32.1 Å². The SMILES string of the molecule is CCN(CC)c1ccc(/C=C2/NC(=O)N(c3cccc(Cl)c3)C2=O)c(OC)c1. The lowest BCUT2D eigenvalue weighted by Crippen LogP contribution is -2.30. The van der Waals surface area contributed by atoms with E-state index in [-0.39, 0.29) is 5.70 Å². The lowest BCUT2D eigenvalue weighted by atomic mass is 10.1. The van der Waals surface area contributed by atoms with E-state index in [0.29, 0.717) is 22.0 Å². The second-order valence-corrected chi connectivity index (χ2v) is 6.64. The molecule has 2 aromatic rings. The Bertz CT molecular complexity index is 938. The summed E-state index contributed by atoms with van der Waals surface area (Å²) in [6, 6.07) is 11.9. The Kier molecular flexibility index (Phi) is 5.90. The van der Waals surface area contributed by atoms with Crippen molar-refractivity contribution in [3.8, 4) is 5.75 Å². The normalized spacial score (nSPS) is 15.1. The molecule has 1 aliphatic heterocycles. The van der Waals surface area contributed by atoms with Gasteiger partial charge in [-0.3, -0.25) is 4.79 Å². The maximum Gasteiger partial charge on any atom is 0.333 e. The van der Waals surface area contributed by atoms with Crippen molar-refractivity contribution in [3.05, 3.63) is 58.7 Å². The number of halogens is 1. The van der Waals surface area contributed by atoms with Gasteiger partial charge in [-0.05, 0) is 50.3 Å². The highest BCUT2D eigenvalue weighted by Crippen LogP contribution is 2.29. The smallest absolute Gasteiger partial charge is 0.333 e. The minimum Gasteiger partial charge on any atom is -0.496 e. The molecule has 7 heteroatoms. The Hall–Kier alpha value is -2.99. The van der Waals surface area contributed by atoms with E-state index < -0.39 is 11.9 Å². The summed E-state index contributed by atoms with van der Waals surface area (Å²) in [5.74, 6) is 0.183. The topological polar surface area (TPSA) is 61.9 Å². The van der Waals surface area contributed by atoms with E-state index in [1.54, 1.807) is 37.5 Å². The van der Waals surface area contributed by atoms with Crippen molar-refractivity contribution in [1.82, 2.24) is 5.32 Å². The fraction of sp³-hybridized carbons (Fsp3) is 0.238. The van der Waals surface area contributed by atoms with E-state index in [0.717, 1.165) is 23.7 Å². The number of nitrogens with zero attached hydrogens (tertiary/aromatic N) is 2. The maximum absolute atomic E-state index is 12.8. The molecule has 0 radical (unpaired) electrons. The minimum absolute atomic E-state index is 0.180. The van der Waals surface area contributed by atoms with Gasteiger partial charge in [0.1, 0.15) is 11.4 Å². The van der Waals surface area contributed by atoms with Crippen LogP contribution < -0.4 is 19.9 Å². The fourth-order valence-corrected chi connectivity index (χ4v) is 3.33. The summed E-state index contributed by atoms with van der Waals surface area (Å²) in [6.45, 7) is 5.93. The standard InChI is InChI=1S/C21H22ClN3O3/c1-4-24(5-2)16-10-9-14(19(13-16)28-3)11-18-20(26)25(21(27)23-18)17-8-6-7-15(22)12-17/h6-13H,4-5H2,1-3H3,(H,23,27)/b18-11+. The summed E-state index contributed by atoms with van der Waals surface area (Å²) >= 11 is 5.98. The Morgan fingerprint density at radius 2 is 1.89 bits per heavy atom. The number of hydrogen-bond donors (Lipinski definition) is 1. The van der Waals surface area contributed by atoms with Crippen LogP contribution in [0.4, 0.5) is 16.2 Å². The molecule has 0 bridgehead atoms. The van der Waals surface area contributed by atoms with E-state index in [1.165, 1.54) is 0 Å². The molecule has 0 saturated carbocycles. The molecule has 0 aliphatic carbocycles. The van der Waals surface area contributed by atoms with Gasteiger partial charge in [0.25, 0.3) is 5.91 Å². The molecule has 1 N–H and O–H groups in total. The average molecular weight is 400 g/mol. The highest BCUT2D eigenvalue weighted by molar-refractivity contribution is 6.32. The second-order valence-electron chi connectivity index (χ2n) is 6.21. The van der Waals surface area contributed by atoms with Crippen molar-refractivity contribution in [2.24, 2.45) is 0 Å². The third-order valence-electron chi connectivity index (χ3n) is 4.59. The van der Waals surface area contributed by atoms with Crippen molar-refractivity contribution in [3.63, 3.8) is 0 Å². The van der Waals surface area contributed by atoms with E-state index in [9.17, 15) is 9.59 Å². The number of methoxy groups -OCH3 is 1. The van der Waals surface area contributed by atoms with Crippen LogP contribution in [0, 0.1) is 0 Å². The Morgan fingerprint density at radius 3 is 2.54 bits per heavy atom. The molecule has 146 valence electrons. The van der Waals surface area contributed by atoms with Crippen LogP contribution in [0.3, 0.4) is 0 Å². The van der Waals surface area contributed by atoms with Gasteiger partial charge in [-0.2, -0.15) is 0 Å². The highest BCUT2D eigenvalue weighted by Gasteiger charge is 2.35. The molecule has 1 aliphatic rings. The van der Waals surface area contributed by atoms with Gasteiger partial charge in [-0.15, -0.1) is 0 Å². The van der Waals surface area contributed by atoms with Crippen LogP contribution >= 0.6 is 11.6 Å². The molecule has 28 heavy (non-hydrogen) atoms. The molecule has 1 saturated heterocycles. The first-order chi connectivity index (χ1) is 13.5. The molecule has 1 heterocycles. The van der Waals surface area contributed by atoms with Crippen molar-refractivity contribution < 1.29 is 14.3 Å². The van der Waals surface area contributed by atoms with E-state index in [1.807, 2.05) is 18.2 Å². The number of imide groups is 1. The lowest BCUT2D eigenvalue weighted by molar-refractivity contribution is -0.113. The average Bonchev–Trinajstić information content (AvgIpc) is 2.97. The zero-order valence-corrected chi connectivity index (χ0v) is 16.8. The van der Waals surface area contributed by atoms with Gasteiger partial charge >= 0.3 is 6.03 Å². The van der Waals surface area contributed by atoms with Crippen molar-refractivity contribution in [2.45, 2.75) is 13.8 Å². The van der Waals surface area contributed by atoms with Crippen LogP contribution in [0.2, 0.25) is 5.02 Å². The summed E-state index contributed by atoms with van der Waals surface area (Å²) < 4.78 is 5.50. The Morgan fingerprint density at radius 1 is 1.14 bits per heavy atom. The third-order valence-corrected chi connectivity index (χ3v) is 4.83. The number of nitrogens with one attached hydrogen (secondary N) is 1. The summed E-state index contributed by atoms with van der Waals surface area (Å²) in [5.41, 5.74) is 2.34. The van der Waals surface area contributed by atoms with Gasteiger partial charge in [0, 0.05) is 35.4 Å². The molecular weight excluding hydrogens is 378 g/mol. The van der Waals surface area contributed by atoms with E-state index in [2.05, 4.69) is 24.1 Å². The number of amides is 3. The van der Waals surface area contributed by atoms with Gasteiger partial charge in [-0.1, -0.05) is 17.7 Å². The molecule has 0 atom stereocenters. The number of benzene rings is 2. The first-order valence-electron chi connectivity index (χ1n) is 9.04. The first-order valence-corrected chi connectivity index (χ1v) is 9.42. The Labute approximate surface area is 169 Å². The predicted octanol–water partition coefficient (Wildman–Crippen LogP) is 4.29. The summed E-state index contributed by atoms with van der Waals surface area (Å²) in [5, 5.41) is 3.07. The molecule has 3 rings (SSSR count). The van der Waals surface area contributed by atoms with Crippen LogP contribution in [-0.2, 0) is 4.79 Å². The summed E-state index contributed by atoms with van der Waals surface area (Å²) in [6.07, 6.45) is 1.62. The molecule has 6 nitrogen and oxygen atoms in total. The molecule has 1 fully saturated rings. The highest BCUT2D eigenvalue weighted by atomic mass is 35.5. The van der Waals surface area contributed by atoms with Gasteiger partial charge in [-0.25, -0.2) is 9.69 Å². The number of ether oxygens (including phenoxy) is 1. The van der Waals surface area contributed by atoms with Crippen LogP contribution in [0.15, 0.2) is 48.2 Å². The fourth-order valence-electron chi connectivity index (χ4n) is 3.14. The van der Waals surface area contributed by atoms with Crippen LogP contribution in [0.1, 0.15) is 19.4 Å². The monoisotopic (exact) mass is 399 g/mol. The number of hydrogen-bond acceptors (Lipinski definition) is 4. The largest absolute Gasteiger partial charge is 0.496 e. The number of urea groups is 1. The number of carbonyl (C=O) groups excluding carboxylic acids is 2. The van der Waals surface area contributed by atoms with Gasteiger partial charge in [0.2, 0.25) is 0 Å². The predicted molar refractivity (Wildman–Crippen MR) is 112 cm³/mol. The molecule has 2 aromatic carbocycles. The quantitative estimate of drug-likeness (QED) is 0.581. The molecular formula is C21H22ClN3O3. The zero-order chi connectivity index (χ0) is 20.3. The van der Waals surface area contributed by atoms with Crippen molar-refractivity contribution in [1.29, 1.82) is 0 Å². The lowest BCUT2D eigenvalue weighted by Gasteiger charge is -2.22. The molecule has 0 unspecified atom stereocenters. The van der Waals surface area contributed by atoms with E-state index in [4.69, 9.17) is 16.3 Å². The van der Waals surface area contributed by atoms with Crippen LogP contribution in [0.5, 0.6) is 5.75 Å². The minimum atomic E-state index is -0.516.